The predicted molar refractivity (Wildman–Crippen MR) is 84.6 cm³/mol. The van der Waals surface area contributed by atoms with Crippen LogP contribution in [-0.2, 0) is 9.53 Å². The van der Waals surface area contributed by atoms with Gasteiger partial charge in [-0.1, -0.05) is 0 Å². The van der Waals surface area contributed by atoms with E-state index in [0.29, 0.717) is 36.3 Å². The summed E-state index contributed by atoms with van der Waals surface area (Å²) in [5, 5.41) is 6.62. The number of amides is 1. The summed E-state index contributed by atoms with van der Waals surface area (Å²) < 4.78 is 18.4. The third kappa shape index (κ3) is 3.29. The molecule has 7 heteroatoms. The highest BCUT2D eigenvalue weighted by atomic mass is 19.1. The van der Waals surface area contributed by atoms with Crippen LogP contribution in [0.5, 0.6) is 0 Å². The topological polar surface area (TPSA) is 75.3 Å². The Morgan fingerprint density at radius 2 is 2.17 bits per heavy atom. The molecule has 1 saturated heterocycles. The van der Waals surface area contributed by atoms with Crippen LogP contribution in [0.15, 0.2) is 30.5 Å². The molecule has 0 spiro atoms. The van der Waals surface area contributed by atoms with Crippen molar-refractivity contribution in [1.29, 1.82) is 0 Å². The van der Waals surface area contributed by atoms with E-state index >= 15 is 0 Å². The molecule has 6 nitrogen and oxygen atoms in total. The van der Waals surface area contributed by atoms with Crippen molar-refractivity contribution in [3.63, 3.8) is 0 Å². The fourth-order valence-corrected chi connectivity index (χ4v) is 2.82. The zero-order valence-electron chi connectivity index (χ0n) is 13.3. The molecule has 1 N–H and O–H groups in total. The zero-order chi connectivity index (χ0) is 17.1. The molecule has 0 bridgehead atoms. The number of esters is 1. The largest absolute Gasteiger partial charge is 0.462 e. The fraction of sp³-hybridized carbons (Fsp3) is 0.353. The van der Waals surface area contributed by atoms with E-state index in [1.165, 1.54) is 18.3 Å². The van der Waals surface area contributed by atoms with Crippen LogP contribution in [0.2, 0.25) is 0 Å². The highest BCUT2D eigenvalue weighted by molar-refractivity contribution is 5.95. The molecule has 2 heterocycles. The molecule has 1 aliphatic rings. The maximum absolute atomic E-state index is 13.0. The summed E-state index contributed by atoms with van der Waals surface area (Å²) in [7, 11) is 0. The number of hydrogen-bond donors (Lipinski definition) is 1. The summed E-state index contributed by atoms with van der Waals surface area (Å²) in [6, 6.07) is 5.76. The van der Waals surface area contributed by atoms with Crippen LogP contribution in [0.1, 0.15) is 23.7 Å². The van der Waals surface area contributed by atoms with Crippen LogP contribution in [0.3, 0.4) is 0 Å². The van der Waals surface area contributed by atoms with Crippen molar-refractivity contribution in [3.8, 4) is 11.3 Å². The molecular formula is C17H18FN3O3. The first-order valence-electron chi connectivity index (χ1n) is 7.82. The second-order valence-corrected chi connectivity index (χ2v) is 5.77. The number of benzene rings is 1. The highest BCUT2D eigenvalue weighted by Crippen LogP contribution is 2.23. The van der Waals surface area contributed by atoms with Gasteiger partial charge in [-0.2, -0.15) is 5.10 Å². The molecule has 3 rings (SSSR count). The fourth-order valence-electron chi connectivity index (χ4n) is 2.82. The molecule has 1 amide bonds. The van der Waals surface area contributed by atoms with E-state index in [1.807, 2.05) is 6.92 Å². The van der Waals surface area contributed by atoms with Crippen LogP contribution in [0.25, 0.3) is 11.3 Å². The number of ether oxygens (including phenoxy) is 1. The quantitative estimate of drug-likeness (QED) is 0.853. The molecule has 1 aromatic heterocycles. The van der Waals surface area contributed by atoms with E-state index < -0.39 is 5.97 Å². The summed E-state index contributed by atoms with van der Waals surface area (Å²) in [6.45, 7) is 3.39. The maximum atomic E-state index is 13.0. The Balaban J connectivity index is 1.65. The number of H-pyrrole nitrogens is 1. The van der Waals surface area contributed by atoms with E-state index in [0.717, 1.165) is 0 Å². The number of aromatic amines is 1. The van der Waals surface area contributed by atoms with Crippen molar-refractivity contribution in [3.05, 3.63) is 41.8 Å². The van der Waals surface area contributed by atoms with Gasteiger partial charge in [0.05, 0.1) is 18.5 Å². The lowest BCUT2D eigenvalue weighted by molar-refractivity contribution is -0.127. The van der Waals surface area contributed by atoms with Gasteiger partial charge in [0, 0.05) is 31.0 Å². The van der Waals surface area contributed by atoms with Crippen molar-refractivity contribution in [1.82, 2.24) is 15.1 Å². The monoisotopic (exact) mass is 331 g/mol. The number of halogens is 1. The van der Waals surface area contributed by atoms with Crippen LogP contribution in [-0.4, -0.2) is 46.7 Å². The number of nitrogens with zero attached hydrogens (tertiary/aromatic N) is 2. The summed E-state index contributed by atoms with van der Waals surface area (Å²) in [6.07, 6.45) is 1.79. The minimum Gasteiger partial charge on any atom is -0.462 e. The van der Waals surface area contributed by atoms with Crippen LogP contribution < -0.4 is 0 Å². The van der Waals surface area contributed by atoms with Gasteiger partial charge < -0.3 is 9.64 Å². The average Bonchev–Trinajstić information content (AvgIpc) is 3.20. The minimum atomic E-state index is -0.509. The van der Waals surface area contributed by atoms with Gasteiger partial charge in [-0.15, -0.1) is 0 Å². The number of nitrogens with one attached hydrogen (secondary N) is 1. The molecule has 0 unspecified atom stereocenters. The second-order valence-electron chi connectivity index (χ2n) is 5.77. The maximum Gasteiger partial charge on any atom is 0.341 e. The van der Waals surface area contributed by atoms with Crippen LogP contribution in [0.4, 0.5) is 4.39 Å². The molecule has 126 valence electrons. The Labute approximate surface area is 138 Å². The van der Waals surface area contributed by atoms with Crippen LogP contribution >= 0.6 is 0 Å². The van der Waals surface area contributed by atoms with Crippen molar-refractivity contribution < 1.29 is 18.7 Å². The zero-order valence-corrected chi connectivity index (χ0v) is 13.3. The number of carbonyl (C=O) groups is 2. The van der Waals surface area contributed by atoms with Crippen molar-refractivity contribution in [2.75, 3.05) is 19.7 Å². The van der Waals surface area contributed by atoms with E-state index in [4.69, 9.17) is 4.74 Å². The normalized spacial score (nSPS) is 17.3. The molecule has 1 atom stereocenters. The first-order chi connectivity index (χ1) is 11.6. The van der Waals surface area contributed by atoms with Gasteiger partial charge in [-0.3, -0.25) is 9.89 Å². The van der Waals surface area contributed by atoms with E-state index in [-0.39, 0.29) is 24.2 Å². The highest BCUT2D eigenvalue weighted by Gasteiger charge is 2.29. The van der Waals surface area contributed by atoms with E-state index in [9.17, 15) is 14.0 Å². The first kappa shape index (κ1) is 16.2. The number of aromatic nitrogens is 2. The molecule has 1 aromatic carbocycles. The average molecular weight is 331 g/mol. The predicted octanol–water partition coefficient (Wildman–Crippen LogP) is 2.24. The Morgan fingerprint density at radius 3 is 2.83 bits per heavy atom. The molecule has 1 aliphatic heterocycles. The molecule has 2 aromatic rings. The Bertz CT molecular complexity index is 742. The number of rotatable bonds is 5. The molecule has 0 saturated carbocycles. The Kier molecular flexibility index (Phi) is 4.59. The lowest BCUT2D eigenvalue weighted by Crippen LogP contribution is -2.25. The summed E-state index contributed by atoms with van der Waals surface area (Å²) >= 11 is 0. The third-order valence-electron chi connectivity index (χ3n) is 4.12. The van der Waals surface area contributed by atoms with Gasteiger partial charge in [0.25, 0.3) is 0 Å². The first-order valence-corrected chi connectivity index (χ1v) is 7.82. The van der Waals surface area contributed by atoms with E-state index in [2.05, 4.69) is 10.2 Å². The number of carbonyl (C=O) groups excluding carboxylic acids is 2. The molecular weight excluding hydrogens is 313 g/mol. The summed E-state index contributed by atoms with van der Waals surface area (Å²) in [5.74, 6) is -0.754. The molecule has 24 heavy (non-hydrogen) atoms. The SMILES string of the molecule is CCN1C[C@@H](COC(=O)c2cn[nH]c2-c2ccc(F)cc2)CC1=O. The second kappa shape index (κ2) is 6.82. The number of hydrogen-bond acceptors (Lipinski definition) is 4. The van der Waals surface area contributed by atoms with Gasteiger partial charge >= 0.3 is 5.97 Å². The van der Waals surface area contributed by atoms with Crippen molar-refractivity contribution in [2.24, 2.45) is 5.92 Å². The molecule has 0 aliphatic carbocycles. The Hall–Kier alpha value is -2.70. The molecule has 0 radical (unpaired) electrons. The lowest BCUT2D eigenvalue weighted by Gasteiger charge is -2.13. The van der Waals surface area contributed by atoms with Gasteiger partial charge in [-0.25, -0.2) is 9.18 Å². The van der Waals surface area contributed by atoms with Crippen molar-refractivity contribution in [2.45, 2.75) is 13.3 Å². The smallest absolute Gasteiger partial charge is 0.341 e. The standard InChI is InChI=1S/C17H18FN3O3/c1-2-21-9-11(7-15(21)22)10-24-17(23)14-8-19-20-16(14)12-3-5-13(18)6-4-12/h3-6,8,11H,2,7,9-10H2,1H3,(H,19,20)/t11-/m0/s1. The van der Waals surface area contributed by atoms with Gasteiger partial charge in [-0.05, 0) is 31.2 Å². The number of likely N-dealkylation sites (tertiary alicyclic amines) is 1. The van der Waals surface area contributed by atoms with Gasteiger partial charge in [0.2, 0.25) is 5.91 Å². The summed E-state index contributed by atoms with van der Waals surface area (Å²) in [4.78, 5) is 25.7. The molecule has 1 fully saturated rings. The van der Waals surface area contributed by atoms with Gasteiger partial charge in [0.15, 0.2) is 0 Å². The Morgan fingerprint density at radius 1 is 1.42 bits per heavy atom. The third-order valence-corrected chi connectivity index (χ3v) is 4.12. The van der Waals surface area contributed by atoms with E-state index in [1.54, 1.807) is 17.0 Å². The van der Waals surface area contributed by atoms with Gasteiger partial charge in [0.1, 0.15) is 11.4 Å². The summed E-state index contributed by atoms with van der Waals surface area (Å²) in [5.41, 5.74) is 1.42. The van der Waals surface area contributed by atoms with Crippen LogP contribution in [0, 0.1) is 11.7 Å². The lowest BCUT2D eigenvalue weighted by atomic mass is 10.1. The minimum absolute atomic E-state index is 0.0163. The van der Waals surface area contributed by atoms with Crippen molar-refractivity contribution >= 4 is 11.9 Å².